The van der Waals surface area contributed by atoms with Gasteiger partial charge in [-0.3, -0.25) is 14.5 Å². The van der Waals surface area contributed by atoms with Gasteiger partial charge in [-0.15, -0.1) is 5.10 Å². The first-order chi connectivity index (χ1) is 17.9. The first-order valence-electron chi connectivity index (χ1n) is 11.8. The lowest BCUT2D eigenvalue weighted by Crippen LogP contribution is -2.18. The highest BCUT2D eigenvalue weighted by Gasteiger charge is 2.23. The van der Waals surface area contributed by atoms with E-state index in [0.29, 0.717) is 22.6 Å². The Morgan fingerprint density at radius 1 is 1.03 bits per heavy atom. The summed E-state index contributed by atoms with van der Waals surface area (Å²) in [5.74, 6) is -0.183. The number of pyridine rings is 1. The number of rotatable bonds is 7. The largest absolute Gasteiger partial charge is 0.492 e. The molecule has 198 valence electrons. The molecule has 1 amide bonds. The molecule has 10 nitrogen and oxygen atoms in total. The van der Waals surface area contributed by atoms with Crippen molar-refractivity contribution in [3.8, 4) is 22.7 Å². The number of hydrogen-bond acceptors (Lipinski definition) is 7. The zero-order valence-electron chi connectivity index (χ0n) is 22.1. The minimum atomic E-state index is -3.59. The van der Waals surface area contributed by atoms with Gasteiger partial charge in [-0.25, -0.2) is 13.1 Å². The zero-order valence-corrected chi connectivity index (χ0v) is 22.9. The standard InChI is InChI=1S/C27H30N6O4S/c1-17-7-8-19(13-24(17)33-16-23(30-32-33)18-9-11-28-12-10-18)26(34)29-21-14-20(27(2,3)4)15-22(25(21)37-5)31-38(6,35)36/h7-16,31H,1-6H3,(H,29,34). The van der Waals surface area contributed by atoms with Crippen LogP contribution in [0.15, 0.2) is 61.1 Å². The van der Waals surface area contributed by atoms with E-state index in [9.17, 15) is 13.2 Å². The third kappa shape index (κ3) is 6.00. The topological polar surface area (TPSA) is 128 Å². The number of ether oxygens (including phenoxy) is 1. The number of aromatic nitrogens is 4. The molecule has 38 heavy (non-hydrogen) atoms. The molecule has 4 rings (SSSR count). The van der Waals surface area contributed by atoms with Crippen LogP contribution in [-0.2, 0) is 15.4 Å². The molecule has 4 aromatic rings. The summed E-state index contributed by atoms with van der Waals surface area (Å²) in [5, 5.41) is 11.4. The van der Waals surface area contributed by atoms with Gasteiger partial charge in [-0.05, 0) is 59.9 Å². The molecule has 2 aromatic heterocycles. The van der Waals surface area contributed by atoms with Crippen LogP contribution < -0.4 is 14.8 Å². The van der Waals surface area contributed by atoms with Crippen molar-refractivity contribution in [2.75, 3.05) is 23.4 Å². The smallest absolute Gasteiger partial charge is 0.255 e. The fraction of sp³-hybridized carbons (Fsp3) is 0.259. The van der Waals surface area contributed by atoms with Gasteiger partial charge in [-0.2, -0.15) is 0 Å². The van der Waals surface area contributed by atoms with E-state index in [1.54, 1.807) is 47.5 Å². The van der Waals surface area contributed by atoms with Gasteiger partial charge in [0.15, 0.2) is 5.75 Å². The van der Waals surface area contributed by atoms with E-state index in [4.69, 9.17) is 4.74 Å². The molecule has 0 aliphatic heterocycles. The summed E-state index contributed by atoms with van der Waals surface area (Å²) < 4.78 is 33.7. The number of nitrogens with zero attached hydrogens (tertiary/aromatic N) is 4. The average Bonchev–Trinajstić information content (AvgIpc) is 3.33. The Hall–Kier alpha value is -4.25. The second-order valence-electron chi connectivity index (χ2n) is 9.97. The maximum atomic E-state index is 13.4. The van der Waals surface area contributed by atoms with Gasteiger partial charge in [0.25, 0.3) is 5.91 Å². The van der Waals surface area contributed by atoms with E-state index in [0.717, 1.165) is 22.9 Å². The molecule has 2 heterocycles. The predicted molar refractivity (Wildman–Crippen MR) is 147 cm³/mol. The van der Waals surface area contributed by atoms with Gasteiger partial charge in [0.2, 0.25) is 10.0 Å². The summed E-state index contributed by atoms with van der Waals surface area (Å²) in [7, 11) is -2.17. The summed E-state index contributed by atoms with van der Waals surface area (Å²) in [6, 6.07) is 12.5. The summed E-state index contributed by atoms with van der Waals surface area (Å²) in [6.45, 7) is 7.91. The Labute approximate surface area is 222 Å². The minimum Gasteiger partial charge on any atom is -0.492 e. The highest BCUT2D eigenvalue weighted by molar-refractivity contribution is 7.92. The number of carbonyl (C=O) groups excluding carboxylic acids is 1. The fourth-order valence-corrected chi connectivity index (χ4v) is 4.43. The van der Waals surface area contributed by atoms with Crippen molar-refractivity contribution in [2.24, 2.45) is 0 Å². The number of methoxy groups -OCH3 is 1. The number of benzene rings is 2. The summed E-state index contributed by atoms with van der Waals surface area (Å²) in [6.07, 6.45) is 6.22. The third-order valence-corrected chi connectivity index (χ3v) is 6.48. The number of sulfonamides is 1. The van der Waals surface area contributed by atoms with Gasteiger partial charge < -0.3 is 10.1 Å². The number of hydrogen-bond donors (Lipinski definition) is 2. The first-order valence-corrected chi connectivity index (χ1v) is 13.7. The van der Waals surface area contributed by atoms with Gasteiger partial charge in [0, 0.05) is 23.5 Å². The molecule has 0 bridgehead atoms. The number of aryl methyl sites for hydroxylation is 1. The van der Waals surface area contributed by atoms with E-state index in [2.05, 4.69) is 25.3 Å². The van der Waals surface area contributed by atoms with Crippen molar-refractivity contribution >= 4 is 27.3 Å². The molecule has 2 aromatic carbocycles. The number of anilines is 2. The quantitative estimate of drug-likeness (QED) is 0.355. The highest BCUT2D eigenvalue weighted by atomic mass is 32.2. The number of amides is 1. The molecule has 0 saturated heterocycles. The van der Waals surface area contributed by atoms with Crippen LogP contribution in [0.3, 0.4) is 0 Å². The second kappa shape index (κ2) is 10.3. The van der Waals surface area contributed by atoms with E-state index in [1.165, 1.54) is 7.11 Å². The van der Waals surface area contributed by atoms with Crippen molar-refractivity contribution in [3.05, 3.63) is 77.7 Å². The van der Waals surface area contributed by atoms with E-state index in [-0.39, 0.29) is 16.9 Å². The summed E-state index contributed by atoms with van der Waals surface area (Å²) >= 11 is 0. The van der Waals surface area contributed by atoms with E-state index >= 15 is 0 Å². The molecule has 0 fully saturated rings. The molecule has 0 unspecified atom stereocenters. The van der Waals surface area contributed by atoms with Crippen LogP contribution in [0.4, 0.5) is 11.4 Å². The van der Waals surface area contributed by atoms with Crippen LogP contribution in [0.25, 0.3) is 16.9 Å². The molecule has 0 aliphatic carbocycles. The zero-order chi connectivity index (χ0) is 27.7. The van der Waals surface area contributed by atoms with Crippen LogP contribution >= 0.6 is 0 Å². The Kier molecular flexibility index (Phi) is 7.23. The molecule has 0 atom stereocenters. The summed E-state index contributed by atoms with van der Waals surface area (Å²) in [4.78, 5) is 17.4. The molecular formula is C27H30N6O4S. The monoisotopic (exact) mass is 534 g/mol. The second-order valence-corrected chi connectivity index (χ2v) is 11.7. The van der Waals surface area contributed by atoms with E-state index in [1.807, 2.05) is 45.9 Å². The van der Waals surface area contributed by atoms with Crippen molar-refractivity contribution in [2.45, 2.75) is 33.1 Å². The number of carbonyl (C=O) groups is 1. The van der Waals surface area contributed by atoms with Crippen LogP contribution in [0.1, 0.15) is 42.3 Å². The Bertz CT molecular complexity index is 1590. The lowest BCUT2D eigenvalue weighted by Gasteiger charge is -2.24. The third-order valence-electron chi connectivity index (χ3n) is 5.89. The predicted octanol–water partition coefficient (Wildman–Crippen LogP) is 4.57. The fourth-order valence-electron chi connectivity index (χ4n) is 3.88. The van der Waals surface area contributed by atoms with Gasteiger partial charge >= 0.3 is 0 Å². The van der Waals surface area contributed by atoms with Crippen LogP contribution in [-0.4, -0.2) is 47.7 Å². The van der Waals surface area contributed by atoms with Crippen LogP contribution in [0.2, 0.25) is 0 Å². The molecule has 11 heteroatoms. The number of nitrogens with one attached hydrogen (secondary N) is 2. The Morgan fingerprint density at radius 2 is 1.71 bits per heavy atom. The normalized spacial score (nSPS) is 11.7. The molecule has 0 spiro atoms. The van der Waals surface area contributed by atoms with Gasteiger partial charge in [-0.1, -0.05) is 32.1 Å². The maximum absolute atomic E-state index is 13.4. The molecule has 0 aliphatic rings. The Balaban J connectivity index is 1.70. The average molecular weight is 535 g/mol. The minimum absolute atomic E-state index is 0.211. The van der Waals surface area contributed by atoms with Crippen LogP contribution in [0.5, 0.6) is 5.75 Å². The molecule has 0 saturated carbocycles. The SMILES string of the molecule is COc1c(NC(=O)c2ccc(C)c(-n3cc(-c4ccncc4)nn3)c2)cc(C(C)(C)C)cc1NS(C)(=O)=O. The van der Waals surface area contributed by atoms with Crippen molar-refractivity contribution in [3.63, 3.8) is 0 Å². The first kappa shape index (κ1) is 26.8. The highest BCUT2D eigenvalue weighted by Crippen LogP contribution is 2.39. The van der Waals surface area contributed by atoms with Gasteiger partial charge in [0.05, 0.1) is 36.6 Å². The van der Waals surface area contributed by atoms with Crippen molar-refractivity contribution < 1.29 is 17.9 Å². The van der Waals surface area contributed by atoms with E-state index < -0.39 is 15.9 Å². The lowest BCUT2D eigenvalue weighted by molar-refractivity contribution is 0.102. The molecule has 2 N–H and O–H groups in total. The molecular weight excluding hydrogens is 504 g/mol. The van der Waals surface area contributed by atoms with Crippen molar-refractivity contribution in [1.29, 1.82) is 0 Å². The van der Waals surface area contributed by atoms with Crippen LogP contribution in [0, 0.1) is 6.92 Å². The Morgan fingerprint density at radius 3 is 2.34 bits per heavy atom. The summed E-state index contributed by atoms with van der Waals surface area (Å²) in [5.41, 5.74) is 4.62. The maximum Gasteiger partial charge on any atom is 0.255 e. The van der Waals surface area contributed by atoms with Crippen molar-refractivity contribution in [1.82, 2.24) is 20.0 Å². The van der Waals surface area contributed by atoms with Gasteiger partial charge in [0.1, 0.15) is 5.69 Å². The molecule has 0 radical (unpaired) electrons. The lowest BCUT2D eigenvalue weighted by atomic mass is 9.86.